The Hall–Kier alpha value is -0.480. The summed E-state index contributed by atoms with van der Waals surface area (Å²) in [5, 5.41) is 3.64. The molecule has 1 aliphatic rings. The molecule has 1 nitrogen and oxygen atoms in total. The maximum absolute atomic E-state index is 3.64. The van der Waals surface area contributed by atoms with E-state index in [-0.39, 0.29) is 0 Å². The average molecular weight is 249 g/mol. The fraction of sp³-hybridized carbons (Fsp3) is 0.882. The second-order valence-electron chi connectivity index (χ2n) is 5.72. The van der Waals surface area contributed by atoms with E-state index in [1.807, 2.05) is 6.92 Å². The predicted molar refractivity (Wildman–Crippen MR) is 80.5 cm³/mol. The zero-order chi connectivity index (χ0) is 13.2. The van der Waals surface area contributed by atoms with Gasteiger partial charge in [0.25, 0.3) is 0 Å². The van der Waals surface area contributed by atoms with Gasteiger partial charge in [0.2, 0.25) is 0 Å². The van der Waals surface area contributed by atoms with Crippen LogP contribution in [0.3, 0.4) is 0 Å². The first-order valence-corrected chi connectivity index (χ1v) is 7.94. The molecule has 1 fully saturated rings. The predicted octanol–water partition coefficient (Wildman–Crippen LogP) is 4.37. The van der Waals surface area contributed by atoms with Crippen LogP contribution in [-0.4, -0.2) is 12.6 Å². The lowest BCUT2D eigenvalue weighted by atomic mass is 9.76. The molecule has 1 atom stereocenters. The van der Waals surface area contributed by atoms with Crippen LogP contribution in [0.25, 0.3) is 0 Å². The summed E-state index contributed by atoms with van der Waals surface area (Å²) in [5.74, 6) is 8.18. The molecule has 1 rings (SSSR count). The van der Waals surface area contributed by atoms with E-state index >= 15 is 0 Å². The highest BCUT2D eigenvalue weighted by Crippen LogP contribution is 2.34. The average Bonchev–Trinajstić information content (AvgIpc) is 2.42. The normalized spacial score (nSPS) is 25.3. The number of nitrogens with one attached hydrogen (secondary N) is 1. The van der Waals surface area contributed by atoms with Gasteiger partial charge in [-0.1, -0.05) is 46.0 Å². The van der Waals surface area contributed by atoms with E-state index in [1.165, 1.54) is 44.9 Å². The largest absolute Gasteiger partial charge is 0.313 e. The van der Waals surface area contributed by atoms with Gasteiger partial charge in [-0.15, -0.1) is 11.8 Å². The van der Waals surface area contributed by atoms with Crippen LogP contribution in [0, 0.1) is 23.7 Å². The standard InChI is InChI=1S/C17H31N/c1-4-7-9-15-11-13-16(14-12-15)17(18-6-3)10-8-5-2/h15-18H,4,6-7,9-14H2,1-3H3. The van der Waals surface area contributed by atoms with E-state index < -0.39 is 0 Å². The number of rotatable bonds is 7. The van der Waals surface area contributed by atoms with Gasteiger partial charge >= 0.3 is 0 Å². The molecule has 1 unspecified atom stereocenters. The molecule has 104 valence electrons. The van der Waals surface area contributed by atoms with Crippen LogP contribution in [0.5, 0.6) is 0 Å². The highest BCUT2D eigenvalue weighted by atomic mass is 14.9. The van der Waals surface area contributed by atoms with Gasteiger partial charge in [-0.2, -0.15) is 0 Å². The second-order valence-corrected chi connectivity index (χ2v) is 5.72. The summed E-state index contributed by atoms with van der Waals surface area (Å²) in [6, 6.07) is 0.634. The van der Waals surface area contributed by atoms with Crippen molar-refractivity contribution in [3.05, 3.63) is 0 Å². The molecular weight excluding hydrogens is 218 g/mol. The molecule has 0 amide bonds. The minimum atomic E-state index is 0.634. The van der Waals surface area contributed by atoms with E-state index in [2.05, 4.69) is 31.0 Å². The first-order valence-electron chi connectivity index (χ1n) is 7.94. The third-order valence-electron chi connectivity index (χ3n) is 4.39. The Morgan fingerprint density at radius 3 is 2.44 bits per heavy atom. The zero-order valence-electron chi connectivity index (χ0n) is 12.6. The Morgan fingerprint density at radius 2 is 1.89 bits per heavy atom. The minimum absolute atomic E-state index is 0.634. The molecule has 0 bridgehead atoms. The molecule has 0 spiro atoms. The molecule has 0 radical (unpaired) electrons. The molecule has 1 aliphatic carbocycles. The van der Waals surface area contributed by atoms with E-state index in [4.69, 9.17) is 0 Å². The number of hydrogen-bond acceptors (Lipinski definition) is 1. The lowest BCUT2D eigenvalue weighted by molar-refractivity contribution is 0.215. The minimum Gasteiger partial charge on any atom is -0.313 e. The molecule has 1 saturated carbocycles. The summed E-state index contributed by atoms with van der Waals surface area (Å²) in [6.07, 6.45) is 11.0. The second kappa shape index (κ2) is 9.45. The van der Waals surface area contributed by atoms with Crippen molar-refractivity contribution >= 4 is 0 Å². The van der Waals surface area contributed by atoms with Crippen molar-refractivity contribution in [3.8, 4) is 11.8 Å². The SMILES string of the molecule is CC#CCC(NCC)C1CCC(CCCC)CC1. The molecule has 1 N–H and O–H groups in total. The van der Waals surface area contributed by atoms with Crippen LogP contribution >= 0.6 is 0 Å². The van der Waals surface area contributed by atoms with Crippen LogP contribution in [0.4, 0.5) is 0 Å². The van der Waals surface area contributed by atoms with Gasteiger partial charge in [-0.3, -0.25) is 0 Å². The van der Waals surface area contributed by atoms with Crippen molar-refractivity contribution in [3.63, 3.8) is 0 Å². The van der Waals surface area contributed by atoms with Crippen LogP contribution < -0.4 is 5.32 Å². The third kappa shape index (κ3) is 5.44. The summed E-state index contributed by atoms with van der Waals surface area (Å²) in [4.78, 5) is 0. The molecule has 18 heavy (non-hydrogen) atoms. The van der Waals surface area contributed by atoms with Crippen LogP contribution in [0.15, 0.2) is 0 Å². The van der Waals surface area contributed by atoms with Gasteiger partial charge in [0.1, 0.15) is 0 Å². The Balaban J connectivity index is 2.34. The van der Waals surface area contributed by atoms with Gasteiger partial charge in [0, 0.05) is 12.5 Å². The fourth-order valence-electron chi connectivity index (χ4n) is 3.25. The van der Waals surface area contributed by atoms with Gasteiger partial charge in [-0.05, 0) is 38.1 Å². The number of unbranched alkanes of at least 4 members (excludes halogenated alkanes) is 1. The van der Waals surface area contributed by atoms with Crippen molar-refractivity contribution in [2.24, 2.45) is 11.8 Å². The summed E-state index contributed by atoms with van der Waals surface area (Å²) < 4.78 is 0. The van der Waals surface area contributed by atoms with Gasteiger partial charge in [0.05, 0.1) is 0 Å². The zero-order valence-corrected chi connectivity index (χ0v) is 12.6. The topological polar surface area (TPSA) is 12.0 Å². The maximum atomic E-state index is 3.64. The van der Waals surface area contributed by atoms with Crippen molar-refractivity contribution in [2.75, 3.05) is 6.54 Å². The molecule has 0 aromatic heterocycles. The van der Waals surface area contributed by atoms with E-state index in [9.17, 15) is 0 Å². The third-order valence-corrected chi connectivity index (χ3v) is 4.39. The van der Waals surface area contributed by atoms with Crippen molar-refractivity contribution in [1.29, 1.82) is 0 Å². The summed E-state index contributed by atoms with van der Waals surface area (Å²) in [6.45, 7) is 7.53. The highest BCUT2D eigenvalue weighted by Gasteiger charge is 2.26. The van der Waals surface area contributed by atoms with Crippen LogP contribution in [-0.2, 0) is 0 Å². The van der Waals surface area contributed by atoms with Gasteiger partial charge < -0.3 is 5.32 Å². The van der Waals surface area contributed by atoms with Crippen LogP contribution in [0.1, 0.15) is 72.1 Å². The molecule has 0 aromatic carbocycles. The van der Waals surface area contributed by atoms with Gasteiger partial charge in [0.15, 0.2) is 0 Å². The van der Waals surface area contributed by atoms with E-state index in [0.717, 1.165) is 24.8 Å². The summed E-state index contributed by atoms with van der Waals surface area (Å²) in [7, 11) is 0. The van der Waals surface area contributed by atoms with Crippen LogP contribution in [0.2, 0.25) is 0 Å². The maximum Gasteiger partial charge on any atom is 0.0245 e. The lowest BCUT2D eigenvalue weighted by Gasteiger charge is -2.33. The molecule has 0 aliphatic heterocycles. The van der Waals surface area contributed by atoms with E-state index in [0.29, 0.717) is 6.04 Å². The Morgan fingerprint density at radius 1 is 1.17 bits per heavy atom. The monoisotopic (exact) mass is 249 g/mol. The molecular formula is C17H31N. The highest BCUT2D eigenvalue weighted by molar-refractivity contribution is 5.00. The Labute approximate surface area is 114 Å². The quantitative estimate of drug-likeness (QED) is 0.660. The summed E-state index contributed by atoms with van der Waals surface area (Å²) in [5.41, 5.74) is 0. The molecule has 1 heteroatoms. The Kier molecular flexibility index (Phi) is 8.18. The first-order chi connectivity index (χ1) is 8.81. The van der Waals surface area contributed by atoms with Gasteiger partial charge in [-0.25, -0.2) is 0 Å². The summed E-state index contributed by atoms with van der Waals surface area (Å²) >= 11 is 0. The molecule has 0 aromatic rings. The Bertz CT molecular complexity index is 253. The fourth-order valence-corrected chi connectivity index (χ4v) is 3.25. The molecule has 0 saturated heterocycles. The van der Waals surface area contributed by atoms with Crippen molar-refractivity contribution in [2.45, 2.75) is 78.2 Å². The number of hydrogen-bond donors (Lipinski definition) is 1. The lowest BCUT2D eigenvalue weighted by Crippen LogP contribution is -2.37. The van der Waals surface area contributed by atoms with Crippen molar-refractivity contribution < 1.29 is 0 Å². The molecule has 0 heterocycles. The first kappa shape index (κ1) is 15.6. The smallest absolute Gasteiger partial charge is 0.0245 e. The van der Waals surface area contributed by atoms with E-state index in [1.54, 1.807) is 0 Å². The van der Waals surface area contributed by atoms with Crippen molar-refractivity contribution in [1.82, 2.24) is 5.32 Å².